The molecule has 6 nitrogen and oxygen atoms in total. The number of aromatic nitrogens is 4. The maximum absolute atomic E-state index is 6.09. The Balaban J connectivity index is 2.16. The van der Waals surface area contributed by atoms with Gasteiger partial charge < -0.3 is 10.5 Å². The number of hydrogen-bond acceptors (Lipinski definition) is 5. The predicted octanol–water partition coefficient (Wildman–Crippen LogP) is 2.02. The lowest BCUT2D eigenvalue weighted by atomic mass is 9.98. The van der Waals surface area contributed by atoms with Crippen LogP contribution >= 0.6 is 0 Å². The lowest BCUT2D eigenvalue weighted by molar-refractivity contribution is 0.360. The van der Waals surface area contributed by atoms with E-state index in [9.17, 15) is 0 Å². The maximum atomic E-state index is 6.09. The predicted molar refractivity (Wildman–Crippen MR) is 72.9 cm³/mol. The van der Waals surface area contributed by atoms with Crippen LogP contribution in [0.3, 0.4) is 0 Å². The number of hydrogen-bond donors (Lipinski definition) is 1. The van der Waals surface area contributed by atoms with Gasteiger partial charge in [0.2, 0.25) is 11.8 Å². The van der Waals surface area contributed by atoms with Crippen LogP contribution in [0, 0.1) is 11.8 Å². The van der Waals surface area contributed by atoms with Crippen LogP contribution in [0.25, 0.3) is 11.2 Å². The fourth-order valence-electron chi connectivity index (χ4n) is 3.08. The van der Waals surface area contributed by atoms with Gasteiger partial charge in [-0.05, 0) is 24.7 Å². The van der Waals surface area contributed by atoms with E-state index < -0.39 is 0 Å². The first-order valence-corrected chi connectivity index (χ1v) is 6.66. The minimum Gasteiger partial charge on any atom is -0.479 e. The molecule has 3 atom stereocenters. The standard InChI is InChI=1S/C13H19N5O/c1-7-4-5-9(8(7)2)18-11-10(17-13(18)14)12(19-3)16-6-15-11/h6-9H,4-5H2,1-3H3,(H2,14,17). The van der Waals surface area contributed by atoms with E-state index in [1.165, 1.54) is 12.7 Å². The summed E-state index contributed by atoms with van der Waals surface area (Å²) in [6, 6.07) is 0.361. The Morgan fingerprint density at radius 3 is 2.74 bits per heavy atom. The zero-order valence-electron chi connectivity index (χ0n) is 11.5. The van der Waals surface area contributed by atoms with Gasteiger partial charge in [-0.2, -0.15) is 4.98 Å². The van der Waals surface area contributed by atoms with Crippen LogP contribution in [0.5, 0.6) is 5.88 Å². The summed E-state index contributed by atoms with van der Waals surface area (Å²) in [5.41, 5.74) is 7.51. The Bertz CT molecular complexity index is 608. The van der Waals surface area contributed by atoms with E-state index in [0.717, 1.165) is 12.1 Å². The first-order valence-electron chi connectivity index (χ1n) is 6.66. The molecule has 19 heavy (non-hydrogen) atoms. The van der Waals surface area contributed by atoms with Crippen LogP contribution in [-0.2, 0) is 0 Å². The Morgan fingerprint density at radius 2 is 2.11 bits per heavy atom. The van der Waals surface area contributed by atoms with Gasteiger partial charge in [-0.1, -0.05) is 13.8 Å². The molecule has 0 aromatic carbocycles. The summed E-state index contributed by atoms with van der Waals surface area (Å²) in [6.45, 7) is 4.56. The molecule has 1 aliphatic carbocycles. The number of nitrogen functional groups attached to an aromatic ring is 1. The highest BCUT2D eigenvalue weighted by atomic mass is 16.5. The molecule has 0 bridgehead atoms. The summed E-state index contributed by atoms with van der Waals surface area (Å²) in [6.07, 6.45) is 3.83. The van der Waals surface area contributed by atoms with E-state index in [0.29, 0.717) is 35.2 Å². The van der Waals surface area contributed by atoms with Crippen LogP contribution < -0.4 is 10.5 Å². The number of ether oxygens (including phenoxy) is 1. The molecule has 1 fully saturated rings. The van der Waals surface area contributed by atoms with Crippen LogP contribution in [0.2, 0.25) is 0 Å². The molecular weight excluding hydrogens is 242 g/mol. The highest BCUT2D eigenvalue weighted by Crippen LogP contribution is 2.42. The summed E-state index contributed by atoms with van der Waals surface area (Å²) in [7, 11) is 1.58. The zero-order valence-corrected chi connectivity index (χ0v) is 11.5. The molecule has 6 heteroatoms. The number of nitrogens with zero attached hydrogens (tertiary/aromatic N) is 4. The molecule has 2 aromatic heterocycles. The maximum Gasteiger partial charge on any atom is 0.245 e. The first kappa shape index (κ1) is 12.2. The fraction of sp³-hybridized carbons (Fsp3) is 0.615. The molecule has 0 aliphatic heterocycles. The number of anilines is 1. The van der Waals surface area contributed by atoms with E-state index in [2.05, 4.69) is 28.8 Å². The Hall–Kier alpha value is -1.85. The largest absolute Gasteiger partial charge is 0.479 e. The van der Waals surface area contributed by atoms with Crippen molar-refractivity contribution in [1.82, 2.24) is 19.5 Å². The summed E-state index contributed by atoms with van der Waals surface area (Å²) in [4.78, 5) is 12.8. The van der Waals surface area contributed by atoms with Crippen molar-refractivity contribution < 1.29 is 4.74 Å². The number of rotatable bonds is 2. The number of imidazole rings is 1. The van der Waals surface area contributed by atoms with Crippen molar-refractivity contribution in [2.24, 2.45) is 11.8 Å². The second kappa shape index (κ2) is 4.36. The van der Waals surface area contributed by atoms with E-state index >= 15 is 0 Å². The highest BCUT2D eigenvalue weighted by Gasteiger charge is 2.33. The normalized spacial score (nSPS) is 27.0. The molecule has 1 aliphatic rings. The van der Waals surface area contributed by atoms with E-state index in [-0.39, 0.29) is 0 Å². The molecular formula is C13H19N5O. The van der Waals surface area contributed by atoms with Gasteiger partial charge in [-0.25, -0.2) is 9.97 Å². The van der Waals surface area contributed by atoms with Gasteiger partial charge in [0.25, 0.3) is 0 Å². The third kappa shape index (κ3) is 1.74. The highest BCUT2D eigenvalue weighted by molar-refractivity contribution is 5.79. The molecule has 0 spiro atoms. The third-order valence-corrected chi connectivity index (χ3v) is 4.42. The van der Waals surface area contributed by atoms with E-state index in [1.807, 2.05) is 4.57 Å². The van der Waals surface area contributed by atoms with Gasteiger partial charge in [-0.3, -0.25) is 4.57 Å². The molecule has 2 heterocycles. The van der Waals surface area contributed by atoms with Crippen molar-refractivity contribution in [3.05, 3.63) is 6.33 Å². The van der Waals surface area contributed by atoms with Gasteiger partial charge in [-0.15, -0.1) is 0 Å². The average Bonchev–Trinajstić information content (AvgIpc) is 2.90. The van der Waals surface area contributed by atoms with Crippen molar-refractivity contribution in [2.75, 3.05) is 12.8 Å². The third-order valence-electron chi connectivity index (χ3n) is 4.42. The Morgan fingerprint density at radius 1 is 1.32 bits per heavy atom. The average molecular weight is 261 g/mol. The monoisotopic (exact) mass is 261 g/mol. The smallest absolute Gasteiger partial charge is 0.245 e. The minimum atomic E-state index is 0.361. The Kier molecular flexibility index (Phi) is 2.80. The molecule has 2 N–H and O–H groups in total. The van der Waals surface area contributed by atoms with E-state index in [1.54, 1.807) is 7.11 Å². The SMILES string of the molecule is COc1ncnc2c1nc(N)n2C1CCC(C)C1C. The Labute approximate surface area is 112 Å². The topological polar surface area (TPSA) is 78.8 Å². The van der Waals surface area contributed by atoms with Gasteiger partial charge in [0.05, 0.1) is 7.11 Å². The van der Waals surface area contributed by atoms with Crippen molar-refractivity contribution in [3.63, 3.8) is 0 Å². The first-order chi connectivity index (χ1) is 9.13. The molecule has 2 aromatic rings. The second-order valence-electron chi connectivity index (χ2n) is 5.38. The van der Waals surface area contributed by atoms with Crippen molar-refractivity contribution >= 4 is 17.1 Å². The molecule has 3 rings (SSSR count). The summed E-state index contributed by atoms with van der Waals surface area (Å²) in [5.74, 6) is 2.25. The molecule has 1 saturated carbocycles. The molecule has 0 radical (unpaired) electrons. The van der Waals surface area contributed by atoms with Crippen LogP contribution in [0.1, 0.15) is 32.7 Å². The van der Waals surface area contributed by atoms with Crippen molar-refractivity contribution in [3.8, 4) is 5.88 Å². The fourth-order valence-corrected chi connectivity index (χ4v) is 3.08. The summed E-state index contributed by atoms with van der Waals surface area (Å²) >= 11 is 0. The second-order valence-corrected chi connectivity index (χ2v) is 5.38. The number of fused-ring (bicyclic) bond motifs is 1. The van der Waals surface area contributed by atoms with Crippen molar-refractivity contribution in [2.45, 2.75) is 32.7 Å². The minimum absolute atomic E-state index is 0.361. The quantitative estimate of drug-likeness (QED) is 0.894. The van der Waals surface area contributed by atoms with Crippen molar-refractivity contribution in [1.29, 1.82) is 0 Å². The van der Waals surface area contributed by atoms with Crippen LogP contribution in [0.15, 0.2) is 6.33 Å². The van der Waals surface area contributed by atoms with Gasteiger partial charge in [0.1, 0.15) is 6.33 Å². The molecule has 102 valence electrons. The lowest BCUT2D eigenvalue weighted by Gasteiger charge is -2.21. The lowest BCUT2D eigenvalue weighted by Crippen LogP contribution is -2.17. The molecule has 0 amide bonds. The van der Waals surface area contributed by atoms with Gasteiger partial charge in [0, 0.05) is 6.04 Å². The number of methoxy groups -OCH3 is 1. The summed E-state index contributed by atoms with van der Waals surface area (Å²) < 4.78 is 7.27. The van der Waals surface area contributed by atoms with Gasteiger partial charge in [0.15, 0.2) is 11.2 Å². The van der Waals surface area contributed by atoms with Crippen LogP contribution in [-0.4, -0.2) is 26.6 Å². The summed E-state index contributed by atoms with van der Waals surface area (Å²) in [5, 5.41) is 0. The van der Waals surface area contributed by atoms with Gasteiger partial charge >= 0.3 is 0 Å². The van der Waals surface area contributed by atoms with Crippen LogP contribution in [0.4, 0.5) is 5.95 Å². The molecule has 3 unspecified atom stereocenters. The van der Waals surface area contributed by atoms with E-state index in [4.69, 9.17) is 10.5 Å². The number of nitrogens with two attached hydrogens (primary N) is 1. The zero-order chi connectivity index (χ0) is 13.6. The molecule has 0 saturated heterocycles.